The molecule has 1 aliphatic rings. The summed E-state index contributed by atoms with van der Waals surface area (Å²) in [6, 6.07) is 5.04. The number of pyridine rings is 1. The average molecular weight is 311 g/mol. The molecule has 1 aliphatic heterocycles. The van der Waals surface area contributed by atoms with Crippen LogP contribution in [-0.4, -0.2) is 39.7 Å². The van der Waals surface area contributed by atoms with Crippen LogP contribution in [0, 0.1) is 0 Å². The van der Waals surface area contributed by atoms with Crippen molar-refractivity contribution in [2.75, 3.05) is 19.6 Å². The molecule has 3 rings (SSSR count). The highest BCUT2D eigenvalue weighted by Crippen LogP contribution is 2.29. The second-order valence-electron chi connectivity index (χ2n) is 5.25. The Bertz CT molecular complexity index is 610. The van der Waals surface area contributed by atoms with Gasteiger partial charge >= 0.3 is 6.18 Å². The predicted molar refractivity (Wildman–Crippen MR) is 73.8 cm³/mol. The van der Waals surface area contributed by atoms with E-state index in [1.807, 2.05) is 12.1 Å². The summed E-state index contributed by atoms with van der Waals surface area (Å²) < 4.78 is 37.8. The number of H-pyrrole nitrogens is 1. The molecule has 0 spiro atoms. The zero-order valence-corrected chi connectivity index (χ0v) is 11.8. The Hall–Kier alpha value is -1.93. The minimum Gasteiger partial charge on any atom is -0.314 e. The second-order valence-corrected chi connectivity index (χ2v) is 5.25. The summed E-state index contributed by atoms with van der Waals surface area (Å²) in [5, 5.41) is 9.15. The van der Waals surface area contributed by atoms with Crippen LogP contribution in [0.1, 0.15) is 23.0 Å². The van der Waals surface area contributed by atoms with Gasteiger partial charge in [-0.25, -0.2) is 0 Å². The molecule has 0 saturated carbocycles. The summed E-state index contributed by atoms with van der Waals surface area (Å²) in [7, 11) is 0. The fourth-order valence-electron chi connectivity index (χ4n) is 2.66. The van der Waals surface area contributed by atoms with E-state index in [4.69, 9.17) is 0 Å². The zero-order valence-electron chi connectivity index (χ0n) is 11.8. The van der Waals surface area contributed by atoms with E-state index >= 15 is 0 Å². The van der Waals surface area contributed by atoms with Gasteiger partial charge in [-0.05, 0) is 23.8 Å². The minimum absolute atomic E-state index is 0.106. The molecule has 3 heterocycles. The zero-order chi connectivity index (χ0) is 15.6. The van der Waals surface area contributed by atoms with Crippen LogP contribution in [-0.2, 0) is 12.7 Å². The van der Waals surface area contributed by atoms with E-state index in [2.05, 4.69) is 25.4 Å². The van der Waals surface area contributed by atoms with Crippen LogP contribution in [0.4, 0.5) is 13.2 Å². The second kappa shape index (κ2) is 6.05. The topological polar surface area (TPSA) is 56.8 Å². The molecule has 2 aromatic rings. The van der Waals surface area contributed by atoms with Crippen molar-refractivity contribution in [2.24, 2.45) is 0 Å². The Morgan fingerprint density at radius 2 is 2.05 bits per heavy atom. The Morgan fingerprint density at radius 1 is 1.27 bits per heavy atom. The number of halogens is 3. The van der Waals surface area contributed by atoms with Crippen molar-refractivity contribution in [3.05, 3.63) is 47.5 Å². The summed E-state index contributed by atoms with van der Waals surface area (Å²) >= 11 is 0. The van der Waals surface area contributed by atoms with E-state index in [-0.39, 0.29) is 6.04 Å². The van der Waals surface area contributed by atoms with Crippen LogP contribution in [0.5, 0.6) is 0 Å². The van der Waals surface area contributed by atoms with E-state index in [0.717, 1.165) is 31.3 Å². The molecule has 118 valence electrons. The molecular weight excluding hydrogens is 295 g/mol. The van der Waals surface area contributed by atoms with Gasteiger partial charge < -0.3 is 5.32 Å². The number of hydrogen-bond acceptors (Lipinski definition) is 4. The van der Waals surface area contributed by atoms with Gasteiger partial charge in [-0.15, -0.1) is 0 Å². The highest BCUT2D eigenvalue weighted by atomic mass is 19.4. The van der Waals surface area contributed by atoms with E-state index in [9.17, 15) is 13.2 Å². The molecule has 0 amide bonds. The molecule has 5 nitrogen and oxygen atoms in total. The van der Waals surface area contributed by atoms with Crippen molar-refractivity contribution in [2.45, 2.75) is 18.8 Å². The van der Waals surface area contributed by atoms with Gasteiger partial charge in [0.15, 0.2) is 5.69 Å². The summed E-state index contributed by atoms with van der Waals surface area (Å²) in [6.45, 7) is 2.72. The van der Waals surface area contributed by atoms with Gasteiger partial charge in [0.2, 0.25) is 0 Å². The summed E-state index contributed by atoms with van der Waals surface area (Å²) in [4.78, 5) is 6.14. The molecule has 2 aromatic heterocycles. The molecule has 0 radical (unpaired) electrons. The van der Waals surface area contributed by atoms with E-state index in [0.29, 0.717) is 12.2 Å². The van der Waals surface area contributed by atoms with Crippen molar-refractivity contribution >= 4 is 0 Å². The van der Waals surface area contributed by atoms with Gasteiger partial charge in [-0.3, -0.25) is 15.0 Å². The van der Waals surface area contributed by atoms with Crippen molar-refractivity contribution in [3.8, 4) is 0 Å². The molecule has 1 fully saturated rings. The number of nitrogens with zero attached hydrogens (tertiary/aromatic N) is 3. The first-order chi connectivity index (χ1) is 10.5. The molecule has 1 saturated heterocycles. The van der Waals surface area contributed by atoms with E-state index in [1.165, 1.54) is 0 Å². The number of alkyl halides is 3. The fraction of sp³-hybridized carbons (Fsp3) is 0.429. The third-order valence-electron chi connectivity index (χ3n) is 3.74. The molecule has 1 atom stereocenters. The van der Waals surface area contributed by atoms with Crippen LogP contribution in [0.25, 0.3) is 0 Å². The van der Waals surface area contributed by atoms with Gasteiger partial charge in [-0.1, -0.05) is 0 Å². The molecule has 1 unspecified atom stereocenters. The molecule has 0 aromatic carbocycles. The standard InChI is InChI=1S/C14H16F3N5/c15-14(16,17)13-7-11(20-21-13)9-22-6-5-19-8-12(22)10-1-3-18-4-2-10/h1-4,7,12,19H,5-6,8-9H2,(H,20,21). The number of aromatic amines is 1. The maximum Gasteiger partial charge on any atom is 0.435 e. The van der Waals surface area contributed by atoms with E-state index < -0.39 is 11.9 Å². The van der Waals surface area contributed by atoms with Crippen molar-refractivity contribution in [1.82, 2.24) is 25.4 Å². The van der Waals surface area contributed by atoms with Gasteiger partial charge in [0.1, 0.15) is 0 Å². The normalized spacial score (nSPS) is 20.2. The van der Waals surface area contributed by atoms with Crippen LogP contribution in [0.2, 0.25) is 0 Å². The lowest BCUT2D eigenvalue weighted by Crippen LogP contribution is -2.45. The summed E-state index contributed by atoms with van der Waals surface area (Å²) in [5.74, 6) is 0. The lowest BCUT2D eigenvalue weighted by molar-refractivity contribution is -0.141. The van der Waals surface area contributed by atoms with Gasteiger partial charge in [0.25, 0.3) is 0 Å². The molecule has 22 heavy (non-hydrogen) atoms. The Morgan fingerprint density at radius 3 is 2.73 bits per heavy atom. The van der Waals surface area contributed by atoms with Crippen LogP contribution in [0.15, 0.2) is 30.6 Å². The molecule has 0 aliphatic carbocycles. The van der Waals surface area contributed by atoms with Crippen molar-refractivity contribution in [1.29, 1.82) is 0 Å². The highest BCUT2D eigenvalue weighted by molar-refractivity contribution is 5.18. The first-order valence-corrected chi connectivity index (χ1v) is 7.00. The van der Waals surface area contributed by atoms with Crippen molar-refractivity contribution < 1.29 is 13.2 Å². The average Bonchev–Trinajstić information content (AvgIpc) is 2.97. The number of rotatable bonds is 3. The molecule has 2 N–H and O–H groups in total. The summed E-state index contributed by atoms with van der Waals surface area (Å²) in [5.41, 5.74) is 0.684. The van der Waals surface area contributed by atoms with Crippen LogP contribution < -0.4 is 5.32 Å². The Kier molecular flexibility index (Phi) is 4.12. The smallest absolute Gasteiger partial charge is 0.314 e. The lowest BCUT2D eigenvalue weighted by atomic mass is 10.0. The summed E-state index contributed by atoms with van der Waals surface area (Å²) in [6.07, 6.45) is -0.969. The number of piperazine rings is 1. The van der Waals surface area contributed by atoms with E-state index in [1.54, 1.807) is 12.4 Å². The number of hydrogen-bond donors (Lipinski definition) is 2. The fourth-order valence-corrected chi connectivity index (χ4v) is 2.66. The van der Waals surface area contributed by atoms with Crippen molar-refractivity contribution in [3.63, 3.8) is 0 Å². The van der Waals surface area contributed by atoms with Gasteiger partial charge in [0.05, 0.1) is 0 Å². The maximum atomic E-state index is 12.6. The van der Waals surface area contributed by atoms with Gasteiger partial charge in [-0.2, -0.15) is 18.3 Å². The van der Waals surface area contributed by atoms with Crippen LogP contribution in [0.3, 0.4) is 0 Å². The molecule has 8 heteroatoms. The van der Waals surface area contributed by atoms with Crippen LogP contribution >= 0.6 is 0 Å². The number of aromatic nitrogens is 3. The Labute approximate surface area is 125 Å². The lowest BCUT2D eigenvalue weighted by Gasteiger charge is -2.36. The highest BCUT2D eigenvalue weighted by Gasteiger charge is 2.34. The predicted octanol–water partition coefficient (Wildman–Crippen LogP) is 1.97. The Balaban J connectivity index is 1.76. The third kappa shape index (κ3) is 3.28. The quantitative estimate of drug-likeness (QED) is 0.910. The SMILES string of the molecule is FC(F)(F)c1cc(CN2CCNCC2c2ccncc2)[nH]n1. The third-order valence-corrected chi connectivity index (χ3v) is 3.74. The monoisotopic (exact) mass is 311 g/mol. The molecular formula is C14H16F3N5. The van der Waals surface area contributed by atoms with Gasteiger partial charge in [0, 0.05) is 50.3 Å². The molecule has 0 bridgehead atoms. The largest absolute Gasteiger partial charge is 0.435 e. The first-order valence-electron chi connectivity index (χ1n) is 7.00. The minimum atomic E-state index is -4.41. The maximum absolute atomic E-state index is 12.6. The first kappa shape index (κ1) is 15.0. The number of nitrogens with one attached hydrogen (secondary N) is 2.